The minimum atomic E-state index is -0.877. The predicted octanol–water partition coefficient (Wildman–Crippen LogP) is 0.866. The molecule has 0 aliphatic carbocycles. The average molecular weight is 189 g/mol. The second-order valence-electron chi connectivity index (χ2n) is 2.86. The molecule has 0 aliphatic heterocycles. The molecule has 1 atom stereocenters. The van der Waals surface area contributed by atoms with Crippen LogP contribution in [0.4, 0.5) is 0 Å². The fourth-order valence-electron chi connectivity index (χ4n) is 0.939. The van der Waals surface area contributed by atoms with Crippen LogP contribution in [0.25, 0.3) is 0 Å². The average Bonchev–Trinajstić information content (AvgIpc) is 2.10. The molecule has 0 aromatic heterocycles. The van der Waals surface area contributed by atoms with Gasteiger partial charge in [0.2, 0.25) is 0 Å². The fourth-order valence-corrected chi connectivity index (χ4v) is 0.939. The Hall–Kier alpha value is -0.610. The normalized spacial score (nSPS) is 12.8. The molecule has 0 radical (unpaired) electrons. The molecular formula is C9H19NO3. The van der Waals surface area contributed by atoms with Crippen LogP contribution in [0, 0.1) is 0 Å². The summed E-state index contributed by atoms with van der Waals surface area (Å²) in [5, 5.41) is 11.8. The number of hydrogen-bond acceptors (Lipinski definition) is 3. The number of rotatable bonds is 8. The number of carboxylic acid groups (broad SMARTS) is 1. The Bertz CT molecular complexity index is 139. The SMILES string of the molecule is CCCNCCOC(CC)C(=O)O. The van der Waals surface area contributed by atoms with Gasteiger partial charge in [0.25, 0.3) is 0 Å². The van der Waals surface area contributed by atoms with E-state index in [4.69, 9.17) is 9.84 Å². The zero-order chi connectivity index (χ0) is 10.1. The lowest BCUT2D eigenvalue weighted by molar-refractivity contribution is -0.150. The summed E-state index contributed by atoms with van der Waals surface area (Å²) in [4.78, 5) is 10.5. The van der Waals surface area contributed by atoms with E-state index in [2.05, 4.69) is 12.2 Å². The Balaban J connectivity index is 3.33. The largest absolute Gasteiger partial charge is 0.479 e. The monoisotopic (exact) mass is 189 g/mol. The minimum absolute atomic E-state index is 0.463. The fraction of sp³-hybridized carbons (Fsp3) is 0.889. The van der Waals surface area contributed by atoms with E-state index in [0.717, 1.165) is 19.5 Å². The Labute approximate surface area is 79.3 Å². The van der Waals surface area contributed by atoms with Gasteiger partial charge < -0.3 is 15.2 Å². The first-order valence-corrected chi connectivity index (χ1v) is 4.77. The van der Waals surface area contributed by atoms with Crippen LogP contribution in [-0.4, -0.2) is 36.9 Å². The van der Waals surface area contributed by atoms with E-state index in [-0.39, 0.29) is 0 Å². The van der Waals surface area contributed by atoms with E-state index >= 15 is 0 Å². The molecule has 1 unspecified atom stereocenters. The third kappa shape index (κ3) is 6.54. The van der Waals surface area contributed by atoms with Gasteiger partial charge in [-0.2, -0.15) is 0 Å². The van der Waals surface area contributed by atoms with Gasteiger partial charge in [-0.25, -0.2) is 4.79 Å². The molecule has 2 N–H and O–H groups in total. The van der Waals surface area contributed by atoms with Crippen molar-refractivity contribution in [2.45, 2.75) is 32.8 Å². The van der Waals surface area contributed by atoms with Crippen molar-refractivity contribution in [3.8, 4) is 0 Å². The maximum Gasteiger partial charge on any atom is 0.332 e. The maximum absolute atomic E-state index is 10.5. The van der Waals surface area contributed by atoms with Crippen LogP contribution in [0.1, 0.15) is 26.7 Å². The third-order valence-corrected chi connectivity index (χ3v) is 1.67. The molecule has 0 bridgehead atoms. The van der Waals surface area contributed by atoms with Crippen molar-refractivity contribution >= 4 is 5.97 Å². The van der Waals surface area contributed by atoms with Gasteiger partial charge in [-0.15, -0.1) is 0 Å². The molecule has 0 saturated carbocycles. The van der Waals surface area contributed by atoms with E-state index in [1.807, 2.05) is 0 Å². The highest BCUT2D eigenvalue weighted by Crippen LogP contribution is 1.96. The number of carbonyl (C=O) groups is 1. The maximum atomic E-state index is 10.5. The molecule has 0 aliphatic rings. The summed E-state index contributed by atoms with van der Waals surface area (Å²) < 4.78 is 5.14. The summed E-state index contributed by atoms with van der Waals surface area (Å²) in [5.41, 5.74) is 0. The lowest BCUT2D eigenvalue weighted by Crippen LogP contribution is -2.28. The van der Waals surface area contributed by atoms with Gasteiger partial charge in [-0.1, -0.05) is 13.8 Å². The first kappa shape index (κ1) is 12.4. The summed E-state index contributed by atoms with van der Waals surface area (Å²) in [5.74, 6) is -0.877. The van der Waals surface area contributed by atoms with Gasteiger partial charge in [0.15, 0.2) is 6.10 Å². The molecule has 0 saturated heterocycles. The third-order valence-electron chi connectivity index (χ3n) is 1.67. The minimum Gasteiger partial charge on any atom is -0.479 e. The molecule has 0 heterocycles. The van der Waals surface area contributed by atoms with Crippen LogP contribution in [0.2, 0.25) is 0 Å². The Morgan fingerprint density at radius 3 is 2.62 bits per heavy atom. The molecule has 4 heteroatoms. The molecule has 78 valence electrons. The highest BCUT2D eigenvalue weighted by molar-refractivity contribution is 5.72. The highest BCUT2D eigenvalue weighted by atomic mass is 16.5. The van der Waals surface area contributed by atoms with E-state index < -0.39 is 12.1 Å². The number of hydrogen-bond donors (Lipinski definition) is 2. The van der Waals surface area contributed by atoms with Crippen LogP contribution in [-0.2, 0) is 9.53 Å². The van der Waals surface area contributed by atoms with Crippen LogP contribution in [0.5, 0.6) is 0 Å². The van der Waals surface area contributed by atoms with Crippen molar-refractivity contribution in [2.75, 3.05) is 19.7 Å². The van der Waals surface area contributed by atoms with Crippen molar-refractivity contribution < 1.29 is 14.6 Å². The second-order valence-corrected chi connectivity index (χ2v) is 2.86. The molecule has 0 amide bonds. The Morgan fingerprint density at radius 1 is 1.46 bits per heavy atom. The topological polar surface area (TPSA) is 58.6 Å². The molecule has 4 nitrogen and oxygen atoms in total. The lowest BCUT2D eigenvalue weighted by atomic mass is 10.3. The van der Waals surface area contributed by atoms with E-state index in [9.17, 15) is 4.79 Å². The van der Waals surface area contributed by atoms with Crippen molar-refractivity contribution in [3.05, 3.63) is 0 Å². The van der Waals surface area contributed by atoms with Crippen LogP contribution in [0.15, 0.2) is 0 Å². The van der Waals surface area contributed by atoms with E-state index in [0.29, 0.717) is 13.0 Å². The second kappa shape index (κ2) is 8.01. The van der Waals surface area contributed by atoms with Crippen LogP contribution in [0.3, 0.4) is 0 Å². The Kier molecular flexibility index (Phi) is 7.63. The van der Waals surface area contributed by atoms with Crippen LogP contribution >= 0.6 is 0 Å². The van der Waals surface area contributed by atoms with Gasteiger partial charge in [0.05, 0.1) is 6.61 Å². The van der Waals surface area contributed by atoms with E-state index in [1.165, 1.54) is 0 Å². The lowest BCUT2D eigenvalue weighted by Gasteiger charge is -2.11. The quantitative estimate of drug-likeness (QED) is 0.556. The predicted molar refractivity (Wildman–Crippen MR) is 50.8 cm³/mol. The molecule has 0 aromatic rings. The number of carboxylic acids is 1. The van der Waals surface area contributed by atoms with Crippen molar-refractivity contribution in [1.29, 1.82) is 0 Å². The zero-order valence-corrected chi connectivity index (χ0v) is 8.38. The summed E-state index contributed by atoms with van der Waals surface area (Å²) in [6.45, 7) is 6.02. The number of ether oxygens (including phenoxy) is 1. The van der Waals surface area contributed by atoms with Gasteiger partial charge in [0, 0.05) is 6.54 Å². The molecule has 0 fully saturated rings. The summed E-state index contributed by atoms with van der Waals surface area (Å²) in [7, 11) is 0. The van der Waals surface area contributed by atoms with Gasteiger partial charge in [-0.3, -0.25) is 0 Å². The van der Waals surface area contributed by atoms with Crippen molar-refractivity contribution in [1.82, 2.24) is 5.32 Å². The van der Waals surface area contributed by atoms with Gasteiger partial charge in [0.1, 0.15) is 0 Å². The van der Waals surface area contributed by atoms with Crippen molar-refractivity contribution in [3.63, 3.8) is 0 Å². The first-order valence-electron chi connectivity index (χ1n) is 4.77. The van der Waals surface area contributed by atoms with Gasteiger partial charge >= 0.3 is 5.97 Å². The summed E-state index contributed by atoms with van der Waals surface area (Å²) >= 11 is 0. The Morgan fingerprint density at radius 2 is 2.15 bits per heavy atom. The highest BCUT2D eigenvalue weighted by Gasteiger charge is 2.14. The molecule has 0 spiro atoms. The molecule has 0 aromatic carbocycles. The molecule has 13 heavy (non-hydrogen) atoms. The number of nitrogens with one attached hydrogen (secondary N) is 1. The first-order chi connectivity index (χ1) is 6.22. The summed E-state index contributed by atoms with van der Waals surface area (Å²) in [6, 6.07) is 0. The van der Waals surface area contributed by atoms with E-state index in [1.54, 1.807) is 6.92 Å². The van der Waals surface area contributed by atoms with Gasteiger partial charge in [-0.05, 0) is 19.4 Å². The number of aliphatic carboxylic acids is 1. The molecular weight excluding hydrogens is 170 g/mol. The molecule has 0 rings (SSSR count). The summed E-state index contributed by atoms with van der Waals surface area (Å²) in [6.07, 6.45) is 0.947. The zero-order valence-electron chi connectivity index (χ0n) is 8.38. The van der Waals surface area contributed by atoms with Crippen molar-refractivity contribution in [2.24, 2.45) is 0 Å². The smallest absolute Gasteiger partial charge is 0.332 e. The standard InChI is InChI=1S/C9H19NO3/c1-3-5-10-6-7-13-8(4-2)9(11)12/h8,10H,3-7H2,1-2H3,(H,11,12). The van der Waals surface area contributed by atoms with Crippen LogP contribution < -0.4 is 5.32 Å².